The van der Waals surface area contributed by atoms with E-state index in [9.17, 15) is 0 Å². The van der Waals surface area contributed by atoms with Crippen molar-refractivity contribution in [2.45, 2.75) is 38.6 Å². The number of hydrogen-bond acceptors (Lipinski definition) is 4. The van der Waals surface area contributed by atoms with Crippen LogP contribution in [0.4, 0.5) is 0 Å². The first-order chi connectivity index (χ1) is 10.3. The number of aromatic nitrogens is 4. The molecule has 1 N–H and O–H groups in total. The van der Waals surface area contributed by atoms with Gasteiger partial charge >= 0.3 is 0 Å². The van der Waals surface area contributed by atoms with E-state index >= 15 is 0 Å². The minimum Gasteiger partial charge on any atom is -0.310 e. The number of tetrazole rings is 1. The van der Waals surface area contributed by atoms with Gasteiger partial charge in [-0.05, 0) is 67.3 Å². The monoisotopic (exact) mass is 283 g/mol. The first kappa shape index (κ1) is 13.9. The Kier molecular flexibility index (Phi) is 4.40. The summed E-state index contributed by atoms with van der Waals surface area (Å²) in [5.74, 6) is 0. The highest BCUT2D eigenvalue weighted by atomic mass is 15.5. The Morgan fingerprint density at radius 2 is 2.33 bits per heavy atom. The van der Waals surface area contributed by atoms with Crippen molar-refractivity contribution in [3.8, 4) is 5.69 Å². The van der Waals surface area contributed by atoms with Gasteiger partial charge in [-0.3, -0.25) is 0 Å². The number of hydrogen-bond donors (Lipinski definition) is 1. The predicted molar refractivity (Wildman–Crippen MR) is 82.1 cm³/mol. The van der Waals surface area contributed by atoms with Crippen molar-refractivity contribution in [3.05, 3.63) is 47.8 Å². The van der Waals surface area contributed by atoms with E-state index in [-0.39, 0.29) is 0 Å². The maximum atomic E-state index is 3.93. The average Bonchev–Trinajstić information content (AvgIpc) is 3.21. The van der Waals surface area contributed by atoms with Gasteiger partial charge in [0.15, 0.2) is 0 Å². The topological polar surface area (TPSA) is 55.6 Å². The zero-order valence-corrected chi connectivity index (χ0v) is 12.4. The van der Waals surface area contributed by atoms with Crippen molar-refractivity contribution < 1.29 is 0 Å². The summed E-state index contributed by atoms with van der Waals surface area (Å²) in [6.07, 6.45) is 9.05. The van der Waals surface area contributed by atoms with Crippen molar-refractivity contribution in [1.29, 1.82) is 0 Å². The molecule has 1 aliphatic rings. The molecular formula is C16H21N5. The lowest BCUT2D eigenvalue weighted by Gasteiger charge is -2.15. The summed E-state index contributed by atoms with van der Waals surface area (Å²) >= 11 is 0. The number of allylic oxidation sites excluding steroid dienone is 1. The summed E-state index contributed by atoms with van der Waals surface area (Å²) in [6.45, 7) is 3.23. The zero-order chi connectivity index (χ0) is 14.5. The number of nitrogens with zero attached hydrogens (tertiary/aromatic N) is 4. The van der Waals surface area contributed by atoms with E-state index in [4.69, 9.17) is 0 Å². The molecule has 0 fully saturated rings. The molecule has 1 aromatic heterocycles. The van der Waals surface area contributed by atoms with Crippen molar-refractivity contribution in [2.75, 3.05) is 6.54 Å². The second kappa shape index (κ2) is 6.63. The molecule has 1 atom stereocenters. The van der Waals surface area contributed by atoms with Gasteiger partial charge in [0.05, 0.1) is 5.69 Å². The number of rotatable bonds is 6. The van der Waals surface area contributed by atoms with E-state index in [1.165, 1.54) is 24.8 Å². The van der Waals surface area contributed by atoms with E-state index in [0.29, 0.717) is 6.04 Å². The molecule has 1 unspecified atom stereocenters. The van der Waals surface area contributed by atoms with Crippen LogP contribution in [0.25, 0.3) is 5.69 Å². The summed E-state index contributed by atoms with van der Waals surface area (Å²) in [6, 6.07) is 8.65. The lowest BCUT2D eigenvalue weighted by molar-refractivity contribution is 0.572. The van der Waals surface area contributed by atoms with Crippen molar-refractivity contribution in [1.82, 2.24) is 25.5 Å². The molecule has 0 spiro atoms. The largest absolute Gasteiger partial charge is 0.310 e. The Balaban J connectivity index is 1.59. The Labute approximate surface area is 125 Å². The normalized spacial score (nSPS) is 16.0. The van der Waals surface area contributed by atoms with Crippen LogP contribution in [0.5, 0.6) is 0 Å². The standard InChI is InChI=1S/C16H21N5/c1-13(17-10-9-14-5-2-3-6-14)15-7-4-8-16(11-15)21-12-18-19-20-21/h4-5,7-8,11-13,17H,2-3,6,9-10H2,1H3. The van der Waals surface area contributed by atoms with Crippen LogP contribution in [-0.2, 0) is 0 Å². The minimum absolute atomic E-state index is 0.323. The molecule has 3 rings (SSSR count). The van der Waals surface area contributed by atoms with Crippen LogP contribution in [0.1, 0.15) is 44.2 Å². The fourth-order valence-corrected chi connectivity index (χ4v) is 2.75. The highest BCUT2D eigenvalue weighted by Gasteiger charge is 2.08. The summed E-state index contributed by atoms with van der Waals surface area (Å²) < 4.78 is 1.68. The van der Waals surface area contributed by atoms with Gasteiger partial charge in [0.2, 0.25) is 0 Å². The summed E-state index contributed by atoms with van der Waals surface area (Å²) in [5.41, 5.74) is 3.85. The van der Waals surface area contributed by atoms with Gasteiger partial charge in [0.1, 0.15) is 6.33 Å². The highest BCUT2D eigenvalue weighted by molar-refractivity contribution is 5.35. The van der Waals surface area contributed by atoms with E-state index < -0.39 is 0 Å². The number of benzene rings is 1. The second-order valence-electron chi connectivity index (χ2n) is 5.53. The summed E-state index contributed by atoms with van der Waals surface area (Å²) in [5, 5.41) is 14.9. The fraction of sp³-hybridized carbons (Fsp3) is 0.438. The molecule has 2 aromatic rings. The first-order valence-electron chi connectivity index (χ1n) is 7.57. The molecule has 21 heavy (non-hydrogen) atoms. The van der Waals surface area contributed by atoms with E-state index in [0.717, 1.165) is 18.7 Å². The molecule has 0 saturated heterocycles. The van der Waals surface area contributed by atoms with Gasteiger partial charge in [0, 0.05) is 6.04 Å². The zero-order valence-electron chi connectivity index (χ0n) is 12.4. The molecule has 0 bridgehead atoms. The van der Waals surface area contributed by atoms with E-state index in [1.807, 2.05) is 12.1 Å². The molecule has 0 saturated carbocycles. The van der Waals surface area contributed by atoms with Crippen LogP contribution in [0.2, 0.25) is 0 Å². The molecule has 5 nitrogen and oxygen atoms in total. The first-order valence-corrected chi connectivity index (χ1v) is 7.57. The summed E-state index contributed by atoms with van der Waals surface area (Å²) in [7, 11) is 0. The lowest BCUT2D eigenvalue weighted by atomic mass is 10.1. The third kappa shape index (κ3) is 3.55. The minimum atomic E-state index is 0.323. The average molecular weight is 283 g/mol. The molecule has 5 heteroatoms. The van der Waals surface area contributed by atoms with Gasteiger partial charge in [-0.1, -0.05) is 23.8 Å². The smallest absolute Gasteiger partial charge is 0.143 e. The third-order valence-electron chi connectivity index (χ3n) is 4.02. The lowest BCUT2D eigenvalue weighted by Crippen LogP contribution is -2.20. The van der Waals surface area contributed by atoms with Gasteiger partial charge in [-0.15, -0.1) is 5.10 Å². The van der Waals surface area contributed by atoms with Crippen molar-refractivity contribution >= 4 is 0 Å². The highest BCUT2D eigenvalue weighted by Crippen LogP contribution is 2.21. The van der Waals surface area contributed by atoms with Crippen molar-refractivity contribution in [3.63, 3.8) is 0 Å². The Hall–Kier alpha value is -2.01. The van der Waals surface area contributed by atoms with E-state index in [1.54, 1.807) is 16.6 Å². The second-order valence-corrected chi connectivity index (χ2v) is 5.53. The van der Waals surface area contributed by atoms with Gasteiger partial charge in [-0.25, -0.2) is 4.68 Å². The van der Waals surface area contributed by atoms with Gasteiger partial charge in [-0.2, -0.15) is 0 Å². The van der Waals surface area contributed by atoms with E-state index in [2.05, 4.69) is 46.0 Å². The van der Waals surface area contributed by atoms with Crippen LogP contribution in [0.15, 0.2) is 42.2 Å². The molecular weight excluding hydrogens is 262 g/mol. The molecule has 1 heterocycles. The Morgan fingerprint density at radius 1 is 1.38 bits per heavy atom. The fourth-order valence-electron chi connectivity index (χ4n) is 2.75. The van der Waals surface area contributed by atoms with Crippen LogP contribution in [0.3, 0.4) is 0 Å². The van der Waals surface area contributed by atoms with Crippen molar-refractivity contribution in [2.24, 2.45) is 0 Å². The van der Waals surface area contributed by atoms with Gasteiger partial charge < -0.3 is 5.32 Å². The van der Waals surface area contributed by atoms with Crippen LogP contribution < -0.4 is 5.32 Å². The maximum Gasteiger partial charge on any atom is 0.143 e. The third-order valence-corrected chi connectivity index (χ3v) is 4.02. The van der Waals surface area contributed by atoms with Gasteiger partial charge in [0.25, 0.3) is 0 Å². The molecule has 0 amide bonds. The SMILES string of the molecule is CC(NCCC1=CCCC1)c1cccc(-n2cnnn2)c1. The Morgan fingerprint density at radius 3 is 3.10 bits per heavy atom. The molecule has 0 radical (unpaired) electrons. The van der Waals surface area contributed by atoms with Crippen LogP contribution in [0, 0.1) is 0 Å². The summed E-state index contributed by atoms with van der Waals surface area (Å²) in [4.78, 5) is 0. The van der Waals surface area contributed by atoms with Crippen LogP contribution >= 0.6 is 0 Å². The molecule has 1 aromatic carbocycles. The maximum absolute atomic E-state index is 3.93. The molecule has 110 valence electrons. The Bertz CT molecular complexity index is 603. The number of nitrogens with one attached hydrogen (secondary N) is 1. The molecule has 0 aliphatic heterocycles. The predicted octanol–water partition coefficient (Wildman–Crippen LogP) is 2.81. The quantitative estimate of drug-likeness (QED) is 0.828. The van der Waals surface area contributed by atoms with Crippen LogP contribution in [-0.4, -0.2) is 26.8 Å². The molecule has 1 aliphatic carbocycles.